The van der Waals surface area contributed by atoms with Crippen LogP contribution in [0.5, 0.6) is 0 Å². The first-order valence-corrected chi connectivity index (χ1v) is 4.90. The highest BCUT2D eigenvalue weighted by molar-refractivity contribution is 5.58. The van der Waals surface area contributed by atoms with Crippen LogP contribution in [-0.4, -0.2) is 35.6 Å². The van der Waals surface area contributed by atoms with E-state index in [2.05, 4.69) is 35.6 Å². The van der Waals surface area contributed by atoms with E-state index in [0.29, 0.717) is 22.8 Å². The third kappa shape index (κ3) is 1.85. The SMILES string of the molecule is c1cnnc(-c2cncc(-c3cn[nH]n3)n2)c1. The monoisotopic (exact) mass is 225 g/mol. The van der Waals surface area contributed by atoms with E-state index >= 15 is 0 Å². The molecule has 0 aliphatic rings. The first-order chi connectivity index (χ1) is 8.43. The fourth-order valence-corrected chi connectivity index (χ4v) is 1.38. The molecule has 1 N–H and O–H groups in total. The number of nitrogens with zero attached hydrogens (tertiary/aromatic N) is 6. The number of hydrogen-bond acceptors (Lipinski definition) is 6. The van der Waals surface area contributed by atoms with Crippen LogP contribution >= 0.6 is 0 Å². The molecule has 0 fully saturated rings. The molecule has 0 spiro atoms. The van der Waals surface area contributed by atoms with Crippen molar-refractivity contribution in [2.24, 2.45) is 0 Å². The van der Waals surface area contributed by atoms with Crippen LogP contribution in [0.1, 0.15) is 0 Å². The first-order valence-electron chi connectivity index (χ1n) is 4.90. The Kier molecular flexibility index (Phi) is 2.27. The molecule has 0 bridgehead atoms. The van der Waals surface area contributed by atoms with Crippen molar-refractivity contribution in [1.82, 2.24) is 35.6 Å². The summed E-state index contributed by atoms with van der Waals surface area (Å²) in [6.07, 6.45) is 6.45. The van der Waals surface area contributed by atoms with Gasteiger partial charge in [-0.1, -0.05) is 0 Å². The second-order valence-electron chi connectivity index (χ2n) is 3.25. The molecular weight excluding hydrogens is 218 g/mol. The second kappa shape index (κ2) is 4.05. The molecule has 0 saturated heterocycles. The van der Waals surface area contributed by atoms with E-state index < -0.39 is 0 Å². The number of H-pyrrole nitrogens is 1. The quantitative estimate of drug-likeness (QED) is 0.690. The van der Waals surface area contributed by atoms with E-state index in [-0.39, 0.29) is 0 Å². The van der Waals surface area contributed by atoms with Gasteiger partial charge >= 0.3 is 0 Å². The standard InChI is InChI=1S/C10H7N7/c1-2-7(15-12-3-1)8-4-11-5-9(14-8)10-6-13-17-16-10/h1-6H,(H,13,16,17). The molecule has 3 heterocycles. The van der Waals surface area contributed by atoms with Crippen molar-refractivity contribution in [2.45, 2.75) is 0 Å². The summed E-state index contributed by atoms with van der Waals surface area (Å²) >= 11 is 0. The average molecular weight is 225 g/mol. The molecule has 3 rings (SSSR count). The molecule has 7 heteroatoms. The maximum absolute atomic E-state index is 4.40. The summed E-state index contributed by atoms with van der Waals surface area (Å²) in [6.45, 7) is 0. The summed E-state index contributed by atoms with van der Waals surface area (Å²) in [5.74, 6) is 0. The summed E-state index contributed by atoms with van der Waals surface area (Å²) in [5, 5.41) is 18.0. The van der Waals surface area contributed by atoms with Crippen LogP contribution < -0.4 is 0 Å². The number of hydrogen-bond donors (Lipinski definition) is 1. The van der Waals surface area contributed by atoms with Crippen molar-refractivity contribution < 1.29 is 0 Å². The van der Waals surface area contributed by atoms with Gasteiger partial charge in [0.2, 0.25) is 0 Å². The molecule has 7 nitrogen and oxygen atoms in total. The van der Waals surface area contributed by atoms with Crippen LogP contribution in [-0.2, 0) is 0 Å². The van der Waals surface area contributed by atoms with Crippen LogP contribution in [0.4, 0.5) is 0 Å². The smallest absolute Gasteiger partial charge is 0.132 e. The van der Waals surface area contributed by atoms with Gasteiger partial charge in [-0.05, 0) is 12.1 Å². The van der Waals surface area contributed by atoms with Crippen molar-refractivity contribution in [2.75, 3.05) is 0 Å². The molecule has 0 radical (unpaired) electrons. The highest BCUT2D eigenvalue weighted by Gasteiger charge is 2.06. The van der Waals surface area contributed by atoms with Crippen LogP contribution in [0, 0.1) is 0 Å². The predicted molar refractivity (Wildman–Crippen MR) is 58.4 cm³/mol. The fourth-order valence-electron chi connectivity index (χ4n) is 1.38. The Morgan fingerprint density at radius 2 is 1.82 bits per heavy atom. The van der Waals surface area contributed by atoms with Crippen LogP contribution in [0.25, 0.3) is 22.8 Å². The van der Waals surface area contributed by atoms with Crippen LogP contribution in [0.3, 0.4) is 0 Å². The number of nitrogens with one attached hydrogen (secondary N) is 1. The lowest BCUT2D eigenvalue weighted by Crippen LogP contribution is -1.93. The van der Waals surface area contributed by atoms with Crippen molar-refractivity contribution in [3.8, 4) is 22.8 Å². The fraction of sp³-hybridized carbons (Fsp3) is 0. The molecule has 0 amide bonds. The predicted octanol–water partition coefficient (Wildman–Crippen LogP) is 0.719. The zero-order chi connectivity index (χ0) is 11.5. The molecule has 0 aromatic carbocycles. The Morgan fingerprint density at radius 3 is 2.53 bits per heavy atom. The topological polar surface area (TPSA) is 93.1 Å². The molecule has 17 heavy (non-hydrogen) atoms. The van der Waals surface area contributed by atoms with E-state index in [4.69, 9.17) is 0 Å². The van der Waals surface area contributed by atoms with Crippen molar-refractivity contribution >= 4 is 0 Å². The summed E-state index contributed by atoms with van der Waals surface area (Å²) in [5.41, 5.74) is 2.61. The van der Waals surface area contributed by atoms with Gasteiger partial charge < -0.3 is 0 Å². The Morgan fingerprint density at radius 1 is 0.941 bits per heavy atom. The van der Waals surface area contributed by atoms with Gasteiger partial charge in [0, 0.05) is 6.20 Å². The van der Waals surface area contributed by atoms with Crippen LogP contribution in [0.15, 0.2) is 36.9 Å². The molecule has 0 aliphatic carbocycles. The van der Waals surface area contributed by atoms with Crippen molar-refractivity contribution in [1.29, 1.82) is 0 Å². The Bertz CT molecular complexity index is 606. The van der Waals surface area contributed by atoms with Gasteiger partial charge in [0.1, 0.15) is 22.8 Å². The van der Waals surface area contributed by atoms with Gasteiger partial charge in [-0.2, -0.15) is 20.5 Å². The second-order valence-corrected chi connectivity index (χ2v) is 3.25. The molecule has 0 saturated carbocycles. The highest BCUT2D eigenvalue weighted by atomic mass is 15.3. The van der Waals surface area contributed by atoms with E-state index in [1.165, 1.54) is 0 Å². The summed E-state index contributed by atoms with van der Waals surface area (Å²) in [6, 6.07) is 3.62. The number of aromatic nitrogens is 7. The summed E-state index contributed by atoms with van der Waals surface area (Å²) < 4.78 is 0. The maximum Gasteiger partial charge on any atom is 0.132 e. The first kappa shape index (κ1) is 9.52. The maximum atomic E-state index is 4.40. The Labute approximate surface area is 96.0 Å². The Hall–Kier alpha value is -2.70. The molecule has 3 aromatic rings. The largest absolute Gasteiger partial charge is 0.260 e. The minimum absolute atomic E-state index is 0.641. The zero-order valence-electron chi connectivity index (χ0n) is 8.65. The molecule has 0 unspecified atom stereocenters. The van der Waals surface area contributed by atoms with Gasteiger partial charge in [0.25, 0.3) is 0 Å². The van der Waals surface area contributed by atoms with Crippen molar-refractivity contribution in [3.63, 3.8) is 0 Å². The third-order valence-corrected chi connectivity index (χ3v) is 2.15. The molecule has 3 aromatic heterocycles. The number of rotatable bonds is 2. The molecular formula is C10H7N7. The van der Waals surface area contributed by atoms with E-state index in [0.717, 1.165) is 0 Å². The molecule has 82 valence electrons. The van der Waals surface area contributed by atoms with E-state index in [1.54, 1.807) is 30.9 Å². The highest BCUT2D eigenvalue weighted by Crippen LogP contribution is 2.16. The van der Waals surface area contributed by atoms with Crippen LogP contribution in [0.2, 0.25) is 0 Å². The Balaban J connectivity index is 2.06. The average Bonchev–Trinajstić information content (AvgIpc) is 2.94. The van der Waals surface area contributed by atoms with E-state index in [1.807, 2.05) is 6.07 Å². The molecule has 0 atom stereocenters. The number of aromatic amines is 1. The van der Waals surface area contributed by atoms with Gasteiger partial charge in [0.15, 0.2) is 0 Å². The van der Waals surface area contributed by atoms with Crippen molar-refractivity contribution in [3.05, 3.63) is 36.9 Å². The normalized spacial score (nSPS) is 10.4. The van der Waals surface area contributed by atoms with Gasteiger partial charge in [-0.3, -0.25) is 4.98 Å². The minimum atomic E-state index is 0.641. The zero-order valence-corrected chi connectivity index (χ0v) is 8.65. The lowest BCUT2D eigenvalue weighted by molar-refractivity contribution is 0.940. The molecule has 0 aliphatic heterocycles. The summed E-state index contributed by atoms with van der Waals surface area (Å²) in [7, 11) is 0. The van der Waals surface area contributed by atoms with Gasteiger partial charge in [-0.15, -0.1) is 5.10 Å². The lowest BCUT2D eigenvalue weighted by Gasteiger charge is -1.99. The summed E-state index contributed by atoms with van der Waals surface area (Å²) in [4.78, 5) is 8.50. The van der Waals surface area contributed by atoms with Gasteiger partial charge in [-0.25, -0.2) is 4.98 Å². The minimum Gasteiger partial charge on any atom is -0.260 e. The van der Waals surface area contributed by atoms with E-state index in [9.17, 15) is 0 Å². The van der Waals surface area contributed by atoms with Gasteiger partial charge in [0.05, 0.1) is 18.6 Å². The third-order valence-electron chi connectivity index (χ3n) is 2.15. The lowest BCUT2D eigenvalue weighted by atomic mass is 10.3.